The van der Waals surface area contributed by atoms with Crippen molar-refractivity contribution in [2.24, 2.45) is 0 Å². The van der Waals surface area contributed by atoms with Crippen LogP contribution >= 0.6 is 0 Å². The van der Waals surface area contributed by atoms with Crippen LogP contribution in [0, 0.1) is 6.92 Å². The second-order valence-electron chi connectivity index (χ2n) is 4.77. The maximum absolute atomic E-state index is 11.7. The lowest BCUT2D eigenvalue weighted by Crippen LogP contribution is -2.44. The Hall–Kier alpha value is -1.91. The lowest BCUT2D eigenvalue weighted by molar-refractivity contribution is -0.118. The quantitative estimate of drug-likeness (QED) is 0.491. The first-order valence-corrected chi connectivity index (χ1v) is 5.17. The van der Waals surface area contributed by atoms with Crippen LogP contribution in [0.5, 0.6) is 0 Å². The molecule has 0 bridgehead atoms. The predicted octanol–water partition coefficient (Wildman–Crippen LogP) is 1.50. The van der Waals surface area contributed by atoms with Crippen molar-refractivity contribution >= 4 is 18.0 Å². The van der Waals surface area contributed by atoms with Gasteiger partial charge in [-0.2, -0.15) is 0 Å². The second kappa shape index (κ2) is 4.53. The molecule has 0 aliphatic heterocycles. The van der Waals surface area contributed by atoms with Crippen LogP contribution in [0.2, 0.25) is 0 Å². The molecule has 1 aromatic heterocycles. The van der Waals surface area contributed by atoms with E-state index in [4.69, 9.17) is 4.42 Å². The molecule has 0 aliphatic carbocycles. The van der Waals surface area contributed by atoms with Crippen LogP contribution in [0.1, 0.15) is 47.4 Å². The van der Waals surface area contributed by atoms with E-state index in [9.17, 15) is 14.4 Å². The first kappa shape index (κ1) is 13.2. The molecule has 1 amide bonds. The second-order valence-corrected chi connectivity index (χ2v) is 4.77. The molecule has 0 aromatic carbocycles. The summed E-state index contributed by atoms with van der Waals surface area (Å²) in [4.78, 5) is 33.8. The fourth-order valence-corrected chi connectivity index (χ4v) is 1.23. The van der Waals surface area contributed by atoms with Gasteiger partial charge in [-0.1, -0.05) is 0 Å². The minimum atomic E-state index is -0.781. The molecule has 0 fully saturated rings. The molecule has 0 unspecified atom stereocenters. The van der Waals surface area contributed by atoms with Crippen LogP contribution in [0.4, 0.5) is 0 Å². The summed E-state index contributed by atoms with van der Waals surface area (Å²) in [5.41, 5.74) is -0.223. The van der Waals surface area contributed by atoms with Gasteiger partial charge in [0.25, 0.3) is 11.7 Å². The van der Waals surface area contributed by atoms with Crippen molar-refractivity contribution in [3.63, 3.8) is 0 Å². The minimum Gasteiger partial charge on any atom is -0.457 e. The number of hydrogen-bond acceptors (Lipinski definition) is 4. The fraction of sp³-hybridized carbons (Fsp3) is 0.417. The van der Waals surface area contributed by atoms with E-state index < -0.39 is 17.2 Å². The molecular formula is C12H15NO4. The zero-order valence-electron chi connectivity index (χ0n) is 10.3. The Morgan fingerprint density at radius 3 is 2.35 bits per heavy atom. The number of amides is 1. The highest BCUT2D eigenvalue weighted by atomic mass is 16.3. The molecule has 1 aromatic rings. The third-order valence-corrected chi connectivity index (χ3v) is 2.00. The average Bonchev–Trinajstić information content (AvgIpc) is 2.55. The first-order valence-electron chi connectivity index (χ1n) is 5.17. The van der Waals surface area contributed by atoms with Gasteiger partial charge < -0.3 is 9.73 Å². The summed E-state index contributed by atoms with van der Waals surface area (Å²) in [6.07, 6.45) is 0.581. The van der Waals surface area contributed by atoms with Crippen molar-refractivity contribution in [1.82, 2.24) is 5.32 Å². The number of rotatable bonds is 3. The molecule has 0 radical (unpaired) electrons. The normalized spacial score (nSPS) is 11.1. The summed E-state index contributed by atoms with van der Waals surface area (Å²) < 4.78 is 5.06. The zero-order valence-corrected chi connectivity index (χ0v) is 10.3. The van der Waals surface area contributed by atoms with Crippen molar-refractivity contribution in [3.8, 4) is 0 Å². The molecule has 92 valence electrons. The van der Waals surface area contributed by atoms with Crippen LogP contribution in [0.25, 0.3) is 0 Å². The Balaban J connectivity index is 2.89. The maximum atomic E-state index is 11.7. The highest BCUT2D eigenvalue weighted by Crippen LogP contribution is 2.13. The van der Waals surface area contributed by atoms with Gasteiger partial charge in [-0.05, 0) is 33.8 Å². The van der Waals surface area contributed by atoms with Gasteiger partial charge in [-0.15, -0.1) is 0 Å². The molecule has 0 saturated carbocycles. The molecule has 0 aliphatic rings. The number of Topliss-reactive ketones (excluding diaryl/α,β-unsaturated/α-hetero) is 1. The molecule has 0 atom stereocenters. The van der Waals surface area contributed by atoms with Crippen molar-refractivity contribution in [2.75, 3.05) is 0 Å². The van der Waals surface area contributed by atoms with Crippen LogP contribution in [0.3, 0.4) is 0 Å². The zero-order chi connectivity index (χ0) is 13.2. The SMILES string of the molecule is Cc1oc(C(=O)C(=O)NC(C)(C)C)cc1C=O. The highest BCUT2D eigenvalue weighted by molar-refractivity contribution is 6.42. The van der Waals surface area contributed by atoms with Gasteiger partial charge in [0, 0.05) is 5.54 Å². The van der Waals surface area contributed by atoms with Gasteiger partial charge in [0.15, 0.2) is 12.0 Å². The smallest absolute Gasteiger partial charge is 0.296 e. The average molecular weight is 237 g/mol. The van der Waals surface area contributed by atoms with Gasteiger partial charge >= 0.3 is 0 Å². The number of nitrogens with one attached hydrogen (secondary N) is 1. The van der Waals surface area contributed by atoms with Crippen molar-refractivity contribution in [2.45, 2.75) is 33.2 Å². The third kappa shape index (κ3) is 3.27. The summed E-state index contributed by atoms with van der Waals surface area (Å²) in [7, 11) is 0. The Morgan fingerprint density at radius 1 is 1.35 bits per heavy atom. The number of carbonyl (C=O) groups excluding carboxylic acids is 3. The van der Waals surface area contributed by atoms with Crippen molar-refractivity contribution in [3.05, 3.63) is 23.2 Å². The molecule has 5 nitrogen and oxygen atoms in total. The number of aldehydes is 1. The highest BCUT2D eigenvalue weighted by Gasteiger charge is 2.24. The standard InChI is InChI=1S/C12H15NO4/c1-7-8(6-14)5-9(17-7)10(15)11(16)13-12(2,3)4/h5-6H,1-4H3,(H,13,16). The number of furan rings is 1. The number of carbonyl (C=O) groups is 3. The van der Waals surface area contributed by atoms with Gasteiger partial charge in [0.1, 0.15) is 5.76 Å². The number of ketones is 1. The van der Waals surface area contributed by atoms with E-state index in [1.807, 2.05) is 0 Å². The summed E-state index contributed by atoms with van der Waals surface area (Å²) in [5, 5.41) is 2.53. The molecule has 0 saturated heterocycles. The Bertz CT molecular complexity index is 465. The molecule has 1 heterocycles. The van der Waals surface area contributed by atoms with E-state index in [0.717, 1.165) is 0 Å². The lowest BCUT2D eigenvalue weighted by Gasteiger charge is -2.19. The minimum absolute atomic E-state index is 0.119. The molecule has 1 rings (SSSR count). The largest absolute Gasteiger partial charge is 0.457 e. The topological polar surface area (TPSA) is 76.4 Å². The monoisotopic (exact) mass is 237 g/mol. The van der Waals surface area contributed by atoms with E-state index in [0.29, 0.717) is 12.0 Å². The van der Waals surface area contributed by atoms with E-state index in [2.05, 4.69) is 5.32 Å². The van der Waals surface area contributed by atoms with Gasteiger partial charge in [0.2, 0.25) is 0 Å². The van der Waals surface area contributed by atoms with Crippen LogP contribution in [-0.2, 0) is 4.79 Å². The van der Waals surface area contributed by atoms with E-state index in [1.165, 1.54) is 6.07 Å². The van der Waals surface area contributed by atoms with Crippen molar-refractivity contribution in [1.29, 1.82) is 0 Å². The van der Waals surface area contributed by atoms with E-state index >= 15 is 0 Å². The van der Waals surface area contributed by atoms with Gasteiger partial charge in [0.05, 0.1) is 5.56 Å². The van der Waals surface area contributed by atoms with Gasteiger partial charge in [-0.25, -0.2) is 0 Å². The fourth-order valence-electron chi connectivity index (χ4n) is 1.23. The molecule has 5 heteroatoms. The lowest BCUT2D eigenvalue weighted by atomic mass is 10.1. The van der Waals surface area contributed by atoms with E-state index in [-0.39, 0.29) is 11.3 Å². The molecule has 17 heavy (non-hydrogen) atoms. The Kier molecular flexibility index (Phi) is 3.50. The van der Waals surface area contributed by atoms with Crippen LogP contribution in [-0.4, -0.2) is 23.5 Å². The van der Waals surface area contributed by atoms with Gasteiger partial charge in [-0.3, -0.25) is 14.4 Å². The van der Waals surface area contributed by atoms with Crippen LogP contribution in [0.15, 0.2) is 10.5 Å². The van der Waals surface area contributed by atoms with E-state index in [1.54, 1.807) is 27.7 Å². The molecule has 1 N–H and O–H groups in total. The summed E-state index contributed by atoms with van der Waals surface area (Å²) in [5.74, 6) is -1.32. The summed E-state index contributed by atoms with van der Waals surface area (Å²) in [6.45, 7) is 6.86. The van der Waals surface area contributed by atoms with Crippen LogP contribution < -0.4 is 5.32 Å². The molecule has 0 spiro atoms. The number of aryl methyl sites for hydroxylation is 1. The summed E-state index contributed by atoms with van der Waals surface area (Å²) in [6, 6.07) is 1.27. The molecular weight excluding hydrogens is 222 g/mol. The Morgan fingerprint density at radius 2 is 1.94 bits per heavy atom. The third-order valence-electron chi connectivity index (χ3n) is 2.00. The number of hydrogen-bond donors (Lipinski definition) is 1. The maximum Gasteiger partial charge on any atom is 0.296 e. The Labute approximate surface area is 99.2 Å². The predicted molar refractivity (Wildman–Crippen MR) is 61.1 cm³/mol. The first-order chi connectivity index (χ1) is 7.74. The van der Waals surface area contributed by atoms with Crippen molar-refractivity contribution < 1.29 is 18.8 Å². The summed E-state index contributed by atoms with van der Waals surface area (Å²) >= 11 is 0.